The highest BCUT2D eigenvalue weighted by Crippen LogP contribution is 2.24. The van der Waals surface area contributed by atoms with Crippen molar-refractivity contribution in [3.8, 4) is 0 Å². The summed E-state index contributed by atoms with van der Waals surface area (Å²) in [6.07, 6.45) is 4.50. The van der Waals surface area contributed by atoms with Gasteiger partial charge in [-0.05, 0) is 24.5 Å². The van der Waals surface area contributed by atoms with E-state index < -0.39 is 0 Å². The minimum Gasteiger partial charge on any atom is -0.335 e. The van der Waals surface area contributed by atoms with E-state index >= 15 is 0 Å². The van der Waals surface area contributed by atoms with Gasteiger partial charge in [-0.15, -0.1) is 0 Å². The molecule has 2 rings (SSSR count). The van der Waals surface area contributed by atoms with Crippen LogP contribution in [0.25, 0.3) is 0 Å². The van der Waals surface area contributed by atoms with E-state index in [9.17, 15) is 4.79 Å². The van der Waals surface area contributed by atoms with Crippen LogP contribution in [0.1, 0.15) is 35.3 Å². The van der Waals surface area contributed by atoms with Gasteiger partial charge in [-0.25, -0.2) is 0 Å². The summed E-state index contributed by atoms with van der Waals surface area (Å²) in [4.78, 5) is 17.7. The number of amides is 1. The number of hydrogen-bond donors (Lipinski definition) is 0. The number of carbonyl (C=O) groups is 1. The largest absolute Gasteiger partial charge is 0.335 e. The first-order valence-corrected chi connectivity index (χ1v) is 5.03. The normalized spacial score (nSPS) is 14.7. The van der Waals surface area contributed by atoms with Crippen molar-refractivity contribution in [3.63, 3.8) is 0 Å². The van der Waals surface area contributed by atoms with E-state index in [-0.39, 0.29) is 5.91 Å². The molecule has 0 fully saturated rings. The third kappa shape index (κ3) is 1.20. The maximum Gasteiger partial charge on any atom is 0.256 e. The minimum atomic E-state index is 0.130. The number of aryl methyl sites for hydroxylation is 1. The van der Waals surface area contributed by atoms with Crippen LogP contribution < -0.4 is 0 Å². The zero-order valence-electron chi connectivity index (χ0n) is 8.58. The van der Waals surface area contributed by atoms with Crippen LogP contribution in [0.2, 0.25) is 0 Å². The highest BCUT2D eigenvalue weighted by atomic mass is 16.2. The molecule has 1 amide bonds. The van der Waals surface area contributed by atoms with Crippen LogP contribution in [0.4, 0.5) is 0 Å². The van der Waals surface area contributed by atoms with Crippen molar-refractivity contribution in [1.82, 2.24) is 9.88 Å². The van der Waals surface area contributed by atoms with E-state index in [0.717, 1.165) is 25.1 Å². The summed E-state index contributed by atoms with van der Waals surface area (Å²) in [5.74, 6) is 0.130. The van der Waals surface area contributed by atoms with Gasteiger partial charge in [0.15, 0.2) is 0 Å². The molecular weight excluding hydrogens is 176 g/mol. The lowest BCUT2D eigenvalue weighted by atomic mass is 10.1. The van der Waals surface area contributed by atoms with E-state index in [1.165, 1.54) is 11.1 Å². The molecule has 1 aromatic heterocycles. The highest BCUT2D eigenvalue weighted by Gasteiger charge is 2.27. The Morgan fingerprint density at radius 3 is 2.86 bits per heavy atom. The number of nitrogens with zero attached hydrogens (tertiary/aromatic N) is 2. The van der Waals surface area contributed by atoms with Crippen molar-refractivity contribution in [3.05, 3.63) is 29.1 Å². The van der Waals surface area contributed by atoms with Gasteiger partial charge in [-0.1, -0.05) is 6.92 Å². The number of pyridine rings is 1. The molecule has 0 spiro atoms. The van der Waals surface area contributed by atoms with E-state index in [0.29, 0.717) is 0 Å². The van der Waals surface area contributed by atoms with Crippen LogP contribution in [0.5, 0.6) is 0 Å². The topological polar surface area (TPSA) is 33.2 Å². The molecule has 0 saturated heterocycles. The quantitative estimate of drug-likeness (QED) is 0.710. The molecule has 74 valence electrons. The molecule has 0 radical (unpaired) electrons. The second-order valence-corrected chi connectivity index (χ2v) is 3.50. The first-order chi connectivity index (χ1) is 6.77. The lowest BCUT2D eigenvalue weighted by molar-refractivity contribution is 0.0787. The van der Waals surface area contributed by atoms with Gasteiger partial charge in [0, 0.05) is 25.5 Å². The van der Waals surface area contributed by atoms with Crippen molar-refractivity contribution >= 4 is 5.91 Å². The molecule has 2 heterocycles. The van der Waals surface area contributed by atoms with Crippen LogP contribution in [0, 0.1) is 0 Å². The number of rotatable bonds is 2. The average molecular weight is 190 g/mol. The van der Waals surface area contributed by atoms with Crippen LogP contribution in [-0.2, 0) is 13.0 Å². The molecule has 0 aromatic carbocycles. The first kappa shape index (κ1) is 9.19. The fourth-order valence-corrected chi connectivity index (χ4v) is 1.89. The van der Waals surface area contributed by atoms with Gasteiger partial charge in [0.1, 0.15) is 0 Å². The second-order valence-electron chi connectivity index (χ2n) is 3.50. The molecule has 0 saturated carbocycles. The van der Waals surface area contributed by atoms with E-state index in [1.807, 2.05) is 18.0 Å². The lowest BCUT2D eigenvalue weighted by Gasteiger charge is -2.11. The van der Waals surface area contributed by atoms with E-state index in [1.54, 1.807) is 6.20 Å². The van der Waals surface area contributed by atoms with Crippen LogP contribution in [0.15, 0.2) is 12.4 Å². The van der Waals surface area contributed by atoms with Crippen molar-refractivity contribution in [2.75, 3.05) is 6.54 Å². The molecule has 0 unspecified atom stereocenters. The number of fused-ring (bicyclic) bond motifs is 1. The summed E-state index contributed by atoms with van der Waals surface area (Å²) in [7, 11) is 0. The zero-order chi connectivity index (χ0) is 10.1. The maximum absolute atomic E-state index is 11.8. The second kappa shape index (κ2) is 3.40. The van der Waals surface area contributed by atoms with Crippen molar-refractivity contribution in [1.29, 1.82) is 0 Å². The van der Waals surface area contributed by atoms with E-state index in [4.69, 9.17) is 0 Å². The fourth-order valence-electron chi connectivity index (χ4n) is 1.89. The summed E-state index contributed by atoms with van der Waals surface area (Å²) in [5.41, 5.74) is 3.17. The molecule has 0 N–H and O–H groups in total. The lowest BCUT2D eigenvalue weighted by Crippen LogP contribution is -2.22. The predicted octanol–water partition coefficient (Wildman–Crippen LogP) is 1.62. The molecule has 1 aliphatic rings. The monoisotopic (exact) mass is 190 g/mol. The Morgan fingerprint density at radius 1 is 1.43 bits per heavy atom. The number of carbonyl (C=O) groups excluding carboxylic acids is 1. The molecule has 3 heteroatoms. The Labute approximate surface area is 83.8 Å². The zero-order valence-corrected chi connectivity index (χ0v) is 8.58. The van der Waals surface area contributed by atoms with Gasteiger partial charge >= 0.3 is 0 Å². The van der Waals surface area contributed by atoms with Gasteiger partial charge in [0.25, 0.3) is 5.91 Å². The third-order valence-corrected chi connectivity index (χ3v) is 2.78. The molecule has 14 heavy (non-hydrogen) atoms. The molecule has 3 nitrogen and oxygen atoms in total. The smallest absolute Gasteiger partial charge is 0.256 e. The van der Waals surface area contributed by atoms with Crippen LogP contribution >= 0.6 is 0 Å². The Morgan fingerprint density at radius 2 is 2.21 bits per heavy atom. The van der Waals surface area contributed by atoms with Gasteiger partial charge < -0.3 is 4.90 Å². The Hall–Kier alpha value is -1.38. The molecule has 1 aliphatic heterocycles. The van der Waals surface area contributed by atoms with Gasteiger partial charge in [0.05, 0.1) is 5.56 Å². The van der Waals surface area contributed by atoms with Crippen molar-refractivity contribution < 1.29 is 4.79 Å². The Bertz CT molecular complexity index is 374. The van der Waals surface area contributed by atoms with Crippen molar-refractivity contribution in [2.45, 2.75) is 26.8 Å². The SMILES string of the molecule is CCc1cncc2c1CN(CC)C2=O. The summed E-state index contributed by atoms with van der Waals surface area (Å²) in [6.45, 7) is 5.63. The summed E-state index contributed by atoms with van der Waals surface area (Å²) in [6, 6.07) is 0. The molecule has 0 aliphatic carbocycles. The third-order valence-electron chi connectivity index (χ3n) is 2.78. The average Bonchev–Trinajstić information content (AvgIpc) is 2.55. The molecule has 0 atom stereocenters. The number of aromatic nitrogens is 1. The first-order valence-electron chi connectivity index (χ1n) is 5.03. The van der Waals surface area contributed by atoms with Crippen molar-refractivity contribution in [2.24, 2.45) is 0 Å². The highest BCUT2D eigenvalue weighted by molar-refractivity contribution is 5.98. The van der Waals surface area contributed by atoms with Gasteiger partial charge in [-0.3, -0.25) is 9.78 Å². The fraction of sp³-hybridized carbons (Fsp3) is 0.455. The van der Waals surface area contributed by atoms with Gasteiger partial charge in [0.2, 0.25) is 0 Å². The predicted molar refractivity (Wildman–Crippen MR) is 54.0 cm³/mol. The summed E-state index contributed by atoms with van der Waals surface area (Å²) < 4.78 is 0. The Kier molecular flexibility index (Phi) is 2.23. The van der Waals surface area contributed by atoms with Crippen LogP contribution in [-0.4, -0.2) is 22.3 Å². The van der Waals surface area contributed by atoms with Gasteiger partial charge in [-0.2, -0.15) is 0 Å². The molecule has 0 bridgehead atoms. The maximum atomic E-state index is 11.8. The Balaban J connectivity index is 2.47. The summed E-state index contributed by atoms with van der Waals surface area (Å²) >= 11 is 0. The molecular formula is C11H14N2O. The van der Waals surface area contributed by atoms with E-state index in [2.05, 4.69) is 11.9 Å². The minimum absolute atomic E-state index is 0.130. The summed E-state index contributed by atoms with van der Waals surface area (Å²) in [5, 5.41) is 0. The van der Waals surface area contributed by atoms with Crippen LogP contribution in [0.3, 0.4) is 0 Å². The number of hydrogen-bond acceptors (Lipinski definition) is 2. The molecule has 1 aromatic rings. The standard InChI is InChI=1S/C11H14N2O/c1-3-8-5-12-6-9-10(8)7-13(4-2)11(9)14/h5-6H,3-4,7H2,1-2H3.